The number of piperidine rings is 1. The van der Waals surface area contributed by atoms with E-state index in [4.69, 9.17) is 4.74 Å². The van der Waals surface area contributed by atoms with E-state index in [-0.39, 0.29) is 23.8 Å². The van der Waals surface area contributed by atoms with Crippen molar-refractivity contribution >= 4 is 11.8 Å². The first-order valence-corrected chi connectivity index (χ1v) is 9.31. The van der Waals surface area contributed by atoms with E-state index < -0.39 is 0 Å². The van der Waals surface area contributed by atoms with Crippen LogP contribution in [0.15, 0.2) is 24.3 Å². The van der Waals surface area contributed by atoms with E-state index in [0.717, 1.165) is 37.2 Å². The van der Waals surface area contributed by atoms with Crippen LogP contribution in [0.25, 0.3) is 0 Å². The summed E-state index contributed by atoms with van der Waals surface area (Å²) >= 11 is 0. The minimum absolute atomic E-state index is 0.00947. The standard InChI is InChI=1S/C20H31N3O3/c1-15-6-5-7-18(14-15)26-13-10-21-19(24)16(2)23-11-8-17(9-12-23)20(25)22(3)4/h5-7,14,16-17H,8-13H2,1-4H3,(H,21,24). The monoisotopic (exact) mass is 361 g/mol. The van der Waals surface area contributed by atoms with Crippen LogP contribution in [0.5, 0.6) is 5.75 Å². The number of carbonyl (C=O) groups is 2. The summed E-state index contributed by atoms with van der Waals surface area (Å²) in [5.41, 5.74) is 1.15. The molecule has 1 saturated heterocycles. The summed E-state index contributed by atoms with van der Waals surface area (Å²) in [7, 11) is 3.59. The highest BCUT2D eigenvalue weighted by atomic mass is 16.5. The van der Waals surface area contributed by atoms with Crippen molar-refractivity contribution in [2.24, 2.45) is 5.92 Å². The number of nitrogens with zero attached hydrogens (tertiary/aromatic N) is 2. The molecule has 1 fully saturated rings. The van der Waals surface area contributed by atoms with E-state index in [1.54, 1.807) is 19.0 Å². The van der Waals surface area contributed by atoms with E-state index in [0.29, 0.717) is 13.2 Å². The van der Waals surface area contributed by atoms with Crippen molar-refractivity contribution in [1.29, 1.82) is 0 Å². The topological polar surface area (TPSA) is 61.9 Å². The Morgan fingerprint density at radius 1 is 1.31 bits per heavy atom. The van der Waals surface area contributed by atoms with Gasteiger partial charge in [0.1, 0.15) is 12.4 Å². The van der Waals surface area contributed by atoms with Crippen LogP contribution in [0, 0.1) is 12.8 Å². The molecular weight excluding hydrogens is 330 g/mol. The zero-order valence-corrected chi connectivity index (χ0v) is 16.3. The van der Waals surface area contributed by atoms with Crippen LogP contribution in [-0.2, 0) is 9.59 Å². The molecule has 26 heavy (non-hydrogen) atoms. The quantitative estimate of drug-likeness (QED) is 0.751. The average Bonchev–Trinajstić information content (AvgIpc) is 2.64. The molecule has 1 aromatic carbocycles. The Hall–Kier alpha value is -2.08. The molecule has 1 N–H and O–H groups in total. The van der Waals surface area contributed by atoms with Crippen molar-refractivity contribution in [3.63, 3.8) is 0 Å². The number of rotatable bonds is 7. The Balaban J connectivity index is 1.68. The van der Waals surface area contributed by atoms with E-state index in [1.165, 1.54) is 0 Å². The van der Waals surface area contributed by atoms with Gasteiger partial charge in [-0.05, 0) is 57.5 Å². The third-order valence-electron chi connectivity index (χ3n) is 4.91. The van der Waals surface area contributed by atoms with Gasteiger partial charge < -0.3 is 15.0 Å². The molecule has 0 aliphatic carbocycles. The third-order valence-corrected chi connectivity index (χ3v) is 4.91. The summed E-state index contributed by atoms with van der Waals surface area (Å²) in [6, 6.07) is 7.67. The molecule has 0 saturated carbocycles. The molecular formula is C20H31N3O3. The normalized spacial score (nSPS) is 16.8. The highest BCUT2D eigenvalue weighted by molar-refractivity contribution is 5.81. The maximum absolute atomic E-state index is 12.3. The summed E-state index contributed by atoms with van der Waals surface area (Å²) < 4.78 is 5.65. The van der Waals surface area contributed by atoms with Crippen molar-refractivity contribution in [3.8, 4) is 5.75 Å². The largest absolute Gasteiger partial charge is 0.492 e. The van der Waals surface area contributed by atoms with Crippen LogP contribution in [0.4, 0.5) is 0 Å². The summed E-state index contributed by atoms with van der Waals surface area (Å²) in [6.45, 7) is 6.42. The van der Waals surface area contributed by atoms with Gasteiger partial charge in [0, 0.05) is 20.0 Å². The fourth-order valence-corrected chi connectivity index (χ4v) is 3.26. The second kappa shape index (κ2) is 9.57. The number of amides is 2. The number of ether oxygens (including phenoxy) is 1. The van der Waals surface area contributed by atoms with E-state index in [2.05, 4.69) is 10.2 Å². The number of nitrogens with one attached hydrogen (secondary N) is 1. The first-order chi connectivity index (χ1) is 12.4. The van der Waals surface area contributed by atoms with Crippen molar-refractivity contribution in [2.75, 3.05) is 40.3 Å². The van der Waals surface area contributed by atoms with Crippen molar-refractivity contribution in [2.45, 2.75) is 32.7 Å². The second-order valence-corrected chi connectivity index (χ2v) is 7.17. The lowest BCUT2D eigenvalue weighted by Crippen LogP contribution is -2.50. The fraction of sp³-hybridized carbons (Fsp3) is 0.600. The molecule has 0 radical (unpaired) electrons. The molecule has 0 bridgehead atoms. The molecule has 2 rings (SSSR count). The Morgan fingerprint density at radius 3 is 2.62 bits per heavy atom. The van der Waals surface area contributed by atoms with Crippen LogP contribution >= 0.6 is 0 Å². The molecule has 144 valence electrons. The third kappa shape index (κ3) is 5.73. The van der Waals surface area contributed by atoms with E-state index >= 15 is 0 Å². The first-order valence-electron chi connectivity index (χ1n) is 9.31. The summed E-state index contributed by atoms with van der Waals surface area (Å²) in [4.78, 5) is 28.2. The highest BCUT2D eigenvalue weighted by Crippen LogP contribution is 2.20. The highest BCUT2D eigenvalue weighted by Gasteiger charge is 2.30. The van der Waals surface area contributed by atoms with Gasteiger partial charge in [0.05, 0.1) is 12.6 Å². The smallest absolute Gasteiger partial charge is 0.237 e. The zero-order valence-electron chi connectivity index (χ0n) is 16.3. The maximum atomic E-state index is 12.3. The lowest BCUT2D eigenvalue weighted by molar-refractivity contribution is -0.135. The number of benzene rings is 1. The van der Waals surface area contributed by atoms with Crippen LogP contribution in [-0.4, -0.2) is 68.0 Å². The SMILES string of the molecule is Cc1cccc(OCCNC(=O)C(C)N2CCC(C(=O)N(C)C)CC2)c1. The molecule has 0 spiro atoms. The van der Waals surface area contributed by atoms with Crippen molar-refractivity contribution in [3.05, 3.63) is 29.8 Å². The molecule has 1 unspecified atom stereocenters. The molecule has 6 heteroatoms. The zero-order chi connectivity index (χ0) is 19.1. The Morgan fingerprint density at radius 2 is 2.00 bits per heavy atom. The van der Waals surface area contributed by atoms with Gasteiger partial charge in [-0.1, -0.05) is 12.1 Å². The van der Waals surface area contributed by atoms with Gasteiger partial charge in [0.2, 0.25) is 11.8 Å². The maximum Gasteiger partial charge on any atom is 0.237 e. The molecule has 2 amide bonds. The predicted octanol–water partition coefficient (Wildman–Crippen LogP) is 1.68. The van der Waals surface area contributed by atoms with Crippen molar-refractivity contribution in [1.82, 2.24) is 15.1 Å². The van der Waals surface area contributed by atoms with Gasteiger partial charge >= 0.3 is 0 Å². The number of aryl methyl sites for hydroxylation is 1. The second-order valence-electron chi connectivity index (χ2n) is 7.17. The van der Waals surface area contributed by atoms with Crippen LogP contribution < -0.4 is 10.1 Å². The minimum atomic E-state index is -0.190. The molecule has 1 aliphatic rings. The van der Waals surface area contributed by atoms with Crippen LogP contribution in [0.3, 0.4) is 0 Å². The Labute approximate surface area is 156 Å². The predicted molar refractivity (Wildman–Crippen MR) is 102 cm³/mol. The van der Waals surface area contributed by atoms with Gasteiger partial charge in [-0.2, -0.15) is 0 Å². The summed E-state index contributed by atoms with van der Waals surface area (Å²) in [5.74, 6) is 1.10. The average molecular weight is 361 g/mol. The number of carbonyl (C=O) groups excluding carboxylic acids is 2. The Bertz CT molecular complexity index is 610. The fourth-order valence-electron chi connectivity index (χ4n) is 3.26. The molecule has 1 aliphatic heterocycles. The summed E-state index contributed by atoms with van der Waals surface area (Å²) in [5, 5.41) is 2.94. The molecule has 1 aromatic rings. The van der Waals surface area contributed by atoms with E-state index in [1.807, 2.05) is 38.1 Å². The number of hydrogen-bond acceptors (Lipinski definition) is 4. The van der Waals surface area contributed by atoms with Crippen LogP contribution in [0.1, 0.15) is 25.3 Å². The molecule has 1 heterocycles. The first kappa shape index (κ1) is 20.2. The lowest BCUT2D eigenvalue weighted by atomic mass is 9.94. The van der Waals surface area contributed by atoms with Crippen LogP contribution in [0.2, 0.25) is 0 Å². The van der Waals surface area contributed by atoms with Gasteiger partial charge in [-0.15, -0.1) is 0 Å². The van der Waals surface area contributed by atoms with Crippen molar-refractivity contribution < 1.29 is 14.3 Å². The van der Waals surface area contributed by atoms with E-state index in [9.17, 15) is 9.59 Å². The minimum Gasteiger partial charge on any atom is -0.492 e. The molecule has 6 nitrogen and oxygen atoms in total. The van der Waals surface area contributed by atoms with Gasteiger partial charge in [0.25, 0.3) is 0 Å². The number of hydrogen-bond donors (Lipinski definition) is 1. The molecule has 1 atom stereocenters. The molecule has 0 aromatic heterocycles. The van der Waals surface area contributed by atoms with Gasteiger partial charge in [-0.3, -0.25) is 14.5 Å². The van der Waals surface area contributed by atoms with Gasteiger partial charge in [0.15, 0.2) is 0 Å². The Kier molecular flexibility index (Phi) is 7.45. The number of likely N-dealkylation sites (tertiary alicyclic amines) is 1. The van der Waals surface area contributed by atoms with Gasteiger partial charge in [-0.25, -0.2) is 0 Å². The summed E-state index contributed by atoms with van der Waals surface area (Å²) in [6.07, 6.45) is 1.62. The lowest BCUT2D eigenvalue weighted by Gasteiger charge is -2.35.